The van der Waals surface area contributed by atoms with Gasteiger partial charge in [-0.25, -0.2) is 0 Å². The maximum atomic E-state index is 12.1. The van der Waals surface area contributed by atoms with Crippen molar-refractivity contribution < 1.29 is 4.79 Å². The second-order valence-corrected chi connectivity index (χ2v) is 6.08. The summed E-state index contributed by atoms with van der Waals surface area (Å²) in [4.78, 5) is 12.1. The lowest BCUT2D eigenvalue weighted by atomic mass is 9.93. The molecule has 2 aromatic carbocycles. The molecule has 3 heteroatoms. The van der Waals surface area contributed by atoms with E-state index in [1.165, 1.54) is 16.7 Å². The predicted molar refractivity (Wildman–Crippen MR) is 86.2 cm³/mol. The molecule has 1 atom stereocenters. The first kappa shape index (κ1) is 13.3. The highest BCUT2D eigenvalue weighted by Gasteiger charge is 2.32. The zero-order valence-corrected chi connectivity index (χ0v) is 12.7. The number of hydrogen-bond donors (Lipinski definition) is 1. The monoisotopic (exact) mass is 283 g/mol. The Morgan fingerprint density at radius 2 is 1.80 bits per heavy atom. The maximum Gasteiger partial charge on any atom is 0.242 e. The van der Waals surface area contributed by atoms with Crippen molar-refractivity contribution in [1.29, 1.82) is 0 Å². The molecule has 1 aliphatic heterocycles. The van der Waals surface area contributed by atoms with Crippen molar-refractivity contribution in [3.8, 4) is 11.1 Å². The molecule has 0 radical (unpaired) electrons. The summed E-state index contributed by atoms with van der Waals surface area (Å²) in [6, 6.07) is 12.5. The van der Waals surface area contributed by atoms with Crippen LogP contribution in [0.5, 0.6) is 0 Å². The van der Waals surface area contributed by atoms with E-state index in [1.807, 2.05) is 18.4 Å². The standard InChI is InChI=1S/C17H17NOS/c1-10-6-4-5-7-12(10)14-11(2)8-9-13-15(14)18-17(19)16(13)20-3/h4-9,16H,1-3H3,(H,18,19). The van der Waals surface area contributed by atoms with Crippen LogP contribution in [0, 0.1) is 13.8 Å². The molecule has 0 fully saturated rings. The summed E-state index contributed by atoms with van der Waals surface area (Å²) in [5.74, 6) is 0.0907. The van der Waals surface area contributed by atoms with Crippen molar-refractivity contribution in [2.24, 2.45) is 0 Å². The van der Waals surface area contributed by atoms with Gasteiger partial charge in [-0.15, -0.1) is 11.8 Å². The van der Waals surface area contributed by atoms with Crippen LogP contribution in [-0.4, -0.2) is 12.2 Å². The van der Waals surface area contributed by atoms with Gasteiger partial charge in [-0.3, -0.25) is 4.79 Å². The normalized spacial score (nSPS) is 16.9. The maximum absolute atomic E-state index is 12.1. The van der Waals surface area contributed by atoms with Crippen LogP contribution in [0.2, 0.25) is 0 Å². The molecule has 0 saturated heterocycles. The van der Waals surface area contributed by atoms with Crippen molar-refractivity contribution in [1.82, 2.24) is 0 Å². The van der Waals surface area contributed by atoms with Crippen LogP contribution in [0.25, 0.3) is 11.1 Å². The molecule has 1 heterocycles. The van der Waals surface area contributed by atoms with Crippen LogP contribution in [0.1, 0.15) is 21.9 Å². The number of hydrogen-bond acceptors (Lipinski definition) is 2. The number of thioether (sulfide) groups is 1. The SMILES string of the molecule is CSC1C(=O)Nc2c1ccc(C)c2-c1ccccc1C. The molecule has 0 aromatic heterocycles. The molecule has 0 spiro atoms. The van der Waals surface area contributed by atoms with Gasteiger partial charge >= 0.3 is 0 Å². The largest absolute Gasteiger partial charge is 0.324 e. The average Bonchev–Trinajstić information content (AvgIpc) is 2.75. The number of carbonyl (C=O) groups is 1. The van der Waals surface area contributed by atoms with Gasteiger partial charge in [0.15, 0.2) is 0 Å². The van der Waals surface area contributed by atoms with Crippen LogP contribution < -0.4 is 5.32 Å². The topological polar surface area (TPSA) is 29.1 Å². The van der Waals surface area contributed by atoms with Crippen LogP contribution in [-0.2, 0) is 4.79 Å². The lowest BCUT2D eigenvalue weighted by Gasteiger charge is -2.14. The molecule has 1 unspecified atom stereocenters. The summed E-state index contributed by atoms with van der Waals surface area (Å²) in [6.07, 6.45) is 1.98. The Bertz CT molecular complexity index is 693. The number of fused-ring (bicyclic) bond motifs is 1. The van der Waals surface area contributed by atoms with E-state index in [1.54, 1.807) is 11.8 Å². The third kappa shape index (κ3) is 1.93. The number of anilines is 1. The molecule has 102 valence electrons. The van der Waals surface area contributed by atoms with Gasteiger partial charge in [-0.05, 0) is 42.4 Å². The van der Waals surface area contributed by atoms with E-state index in [4.69, 9.17) is 0 Å². The Balaban J connectivity index is 2.26. The molecule has 2 nitrogen and oxygen atoms in total. The summed E-state index contributed by atoms with van der Waals surface area (Å²) in [5.41, 5.74) is 6.87. The number of rotatable bonds is 2. The molecule has 0 saturated carbocycles. The van der Waals surface area contributed by atoms with Crippen LogP contribution >= 0.6 is 11.8 Å². The molecule has 3 rings (SSSR count). The molecule has 1 amide bonds. The highest BCUT2D eigenvalue weighted by molar-refractivity contribution is 7.99. The fraction of sp³-hybridized carbons (Fsp3) is 0.235. The highest BCUT2D eigenvalue weighted by atomic mass is 32.2. The molecule has 20 heavy (non-hydrogen) atoms. The van der Waals surface area contributed by atoms with E-state index in [9.17, 15) is 4.79 Å². The zero-order chi connectivity index (χ0) is 14.3. The molecular formula is C17H17NOS. The molecular weight excluding hydrogens is 266 g/mol. The van der Waals surface area contributed by atoms with Gasteiger partial charge in [0.1, 0.15) is 5.25 Å². The van der Waals surface area contributed by atoms with Gasteiger partial charge in [-0.1, -0.05) is 36.4 Å². The first-order valence-electron chi connectivity index (χ1n) is 6.66. The zero-order valence-electron chi connectivity index (χ0n) is 11.9. The minimum absolute atomic E-state index is 0.0895. The van der Waals surface area contributed by atoms with Crippen LogP contribution in [0.15, 0.2) is 36.4 Å². The minimum atomic E-state index is -0.0895. The third-order valence-corrected chi connectivity index (χ3v) is 4.80. The second-order valence-electron chi connectivity index (χ2n) is 5.14. The van der Waals surface area contributed by atoms with Crippen molar-refractivity contribution >= 4 is 23.4 Å². The minimum Gasteiger partial charge on any atom is -0.324 e. The average molecular weight is 283 g/mol. The third-order valence-electron chi connectivity index (χ3n) is 3.86. The lowest BCUT2D eigenvalue weighted by molar-refractivity contribution is -0.115. The van der Waals surface area contributed by atoms with E-state index < -0.39 is 0 Å². The van der Waals surface area contributed by atoms with Gasteiger partial charge in [0.25, 0.3) is 0 Å². The summed E-state index contributed by atoms with van der Waals surface area (Å²) < 4.78 is 0. The molecule has 0 bridgehead atoms. The molecule has 1 aliphatic rings. The second kappa shape index (κ2) is 4.98. The van der Waals surface area contributed by atoms with Crippen LogP contribution in [0.4, 0.5) is 5.69 Å². The van der Waals surface area contributed by atoms with Crippen molar-refractivity contribution in [3.05, 3.63) is 53.1 Å². The van der Waals surface area contributed by atoms with Crippen LogP contribution in [0.3, 0.4) is 0 Å². The quantitative estimate of drug-likeness (QED) is 0.889. The fourth-order valence-electron chi connectivity index (χ4n) is 2.84. The number of benzene rings is 2. The Kier molecular flexibility index (Phi) is 3.30. The Hall–Kier alpha value is -1.74. The summed E-state index contributed by atoms with van der Waals surface area (Å²) in [6.45, 7) is 4.21. The lowest BCUT2D eigenvalue weighted by Crippen LogP contribution is -2.08. The summed E-state index contributed by atoms with van der Waals surface area (Å²) in [5, 5.41) is 2.98. The first-order valence-corrected chi connectivity index (χ1v) is 7.95. The highest BCUT2D eigenvalue weighted by Crippen LogP contribution is 2.45. The van der Waals surface area contributed by atoms with Crippen molar-refractivity contribution in [2.45, 2.75) is 19.1 Å². The smallest absolute Gasteiger partial charge is 0.242 e. The first-order chi connectivity index (χ1) is 9.63. The Morgan fingerprint density at radius 1 is 1.05 bits per heavy atom. The van der Waals surface area contributed by atoms with Gasteiger partial charge in [0, 0.05) is 5.56 Å². The molecule has 1 N–H and O–H groups in total. The van der Waals surface area contributed by atoms with E-state index in [0.29, 0.717) is 0 Å². The predicted octanol–water partition coefficient (Wildman–Crippen LogP) is 4.33. The van der Waals surface area contributed by atoms with Gasteiger partial charge < -0.3 is 5.32 Å². The van der Waals surface area contributed by atoms with Crippen molar-refractivity contribution in [2.75, 3.05) is 11.6 Å². The number of carbonyl (C=O) groups excluding carboxylic acids is 1. The Labute approximate surface area is 123 Å². The molecule has 0 aliphatic carbocycles. The number of nitrogens with one attached hydrogen (secondary N) is 1. The van der Waals surface area contributed by atoms with E-state index in [2.05, 4.69) is 43.4 Å². The van der Waals surface area contributed by atoms with E-state index >= 15 is 0 Å². The fourth-order valence-corrected chi connectivity index (χ4v) is 3.56. The number of aryl methyl sites for hydroxylation is 2. The van der Waals surface area contributed by atoms with Crippen molar-refractivity contribution in [3.63, 3.8) is 0 Å². The van der Waals surface area contributed by atoms with E-state index in [-0.39, 0.29) is 11.2 Å². The molecule has 2 aromatic rings. The Morgan fingerprint density at radius 3 is 2.50 bits per heavy atom. The van der Waals surface area contributed by atoms with Gasteiger partial charge in [0.2, 0.25) is 5.91 Å². The summed E-state index contributed by atoms with van der Waals surface area (Å²) >= 11 is 1.59. The van der Waals surface area contributed by atoms with Gasteiger partial charge in [-0.2, -0.15) is 0 Å². The van der Waals surface area contributed by atoms with Gasteiger partial charge in [0.05, 0.1) is 5.69 Å². The number of amides is 1. The summed E-state index contributed by atoms with van der Waals surface area (Å²) in [7, 11) is 0. The van der Waals surface area contributed by atoms with E-state index in [0.717, 1.165) is 16.8 Å².